The fourth-order valence-corrected chi connectivity index (χ4v) is 3.62. The summed E-state index contributed by atoms with van der Waals surface area (Å²) in [6.45, 7) is 6.42. The normalized spacial score (nSPS) is 17.6. The second-order valence-electron chi connectivity index (χ2n) is 7.25. The Hall–Kier alpha value is -3.54. The number of benzene rings is 2. The summed E-state index contributed by atoms with van der Waals surface area (Å²) in [5, 5.41) is 11.1. The van der Waals surface area contributed by atoms with Gasteiger partial charge >= 0.3 is 0 Å². The predicted molar refractivity (Wildman–Crippen MR) is 119 cm³/mol. The molecule has 1 saturated heterocycles. The van der Waals surface area contributed by atoms with E-state index in [4.69, 9.17) is 9.47 Å². The molecule has 0 bridgehead atoms. The number of ether oxygens (including phenoxy) is 2. The Bertz CT molecular complexity index is 993. The summed E-state index contributed by atoms with van der Waals surface area (Å²) in [6.07, 6.45) is 3.27. The van der Waals surface area contributed by atoms with Crippen LogP contribution in [0.25, 0.3) is 5.76 Å². The lowest BCUT2D eigenvalue weighted by Gasteiger charge is -2.25. The maximum absolute atomic E-state index is 13.0. The number of amides is 1. The highest BCUT2D eigenvalue weighted by Crippen LogP contribution is 2.40. The smallest absolute Gasteiger partial charge is 0.295 e. The number of methoxy groups -OCH3 is 1. The Balaban J connectivity index is 2.08. The molecule has 6 nitrogen and oxygen atoms in total. The van der Waals surface area contributed by atoms with E-state index >= 15 is 0 Å². The van der Waals surface area contributed by atoms with Crippen LogP contribution in [-0.4, -0.2) is 42.0 Å². The number of aliphatic hydroxyl groups is 1. The molecule has 1 fully saturated rings. The van der Waals surface area contributed by atoms with Crippen molar-refractivity contribution < 1.29 is 24.2 Å². The topological polar surface area (TPSA) is 76.1 Å². The third-order valence-electron chi connectivity index (χ3n) is 5.20. The number of aliphatic hydroxyl groups excluding tert-OH is 1. The fraction of sp³-hybridized carbons (Fsp3) is 0.280. The average Bonchev–Trinajstić information content (AvgIpc) is 3.06. The molecule has 0 radical (unpaired) electrons. The van der Waals surface area contributed by atoms with Gasteiger partial charge in [-0.1, -0.05) is 38.1 Å². The van der Waals surface area contributed by atoms with Gasteiger partial charge in [-0.25, -0.2) is 0 Å². The van der Waals surface area contributed by atoms with Gasteiger partial charge in [-0.3, -0.25) is 9.59 Å². The monoisotopic (exact) mass is 421 g/mol. The van der Waals surface area contributed by atoms with Crippen LogP contribution in [-0.2, 0) is 9.59 Å². The summed E-state index contributed by atoms with van der Waals surface area (Å²) < 4.78 is 10.8. The van der Waals surface area contributed by atoms with Crippen molar-refractivity contribution in [2.45, 2.75) is 25.8 Å². The van der Waals surface area contributed by atoms with Crippen LogP contribution in [0.15, 0.2) is 66.8 Å². The van der Waals surface area contributed by atoms with Crippen molar-refractivity contribution in [1.29, 1.82) is 0 Å². The number of carbonyl (C=O) groups is 2. The summed E-state index contributed by atoms with van der Waals surface area (Å²) in [5.41, 5.74) is 1.23. The zero-order valence-corrected chi connectivity index (χ0v) is 17.8. The molecule has 31 heavy (non-hydrogen) atoms. The minimum atomic E-state index is -0.687. The van der Waals surface area contributed by atoms with Crippen LogP contribution in [0.4, 0.5) is 0 Å². The molecule has 1 atom stereocenters. The number of Topliss-reactive ketones (excluding diaryl/α,β-unsaturated/α-hetero) is 1. The number of hydrogen-bond acceptors (Lipinski definition) is 5. The van der Waals surface area contributed by atoms with Crippen LogP contribution in [0.3, 0.4) is 0 Å². The van der Waals surface area contributed by atoms with Gasteiger partial charge in [0.2, 0.25) is 0 Å². The van der Waals surface area contributed by atoms with Crippen molar-refractivity contribution >= 4 is 17.4 Å². The van der Waals surface area contributed by atoms with Crippen LogP contribution < -0.4 is 9.47 Å². The molecule has 1 amide bonds. The zero-order valence-electron chi connectivity index (χ0n) is 17.8. The molecule has 162 valence electrons. The highest BCUT2D eigenvalue weighted by molar-refractivity contribution is 6.46. The van der Waals surface area contributed by atoms with Gasteiger partial charge in [0.25, 0.3) is 11.7 Å². The first-order chi connectivity index (χ1) is 15.0. The minimum Gasteiger partial charge on any atom is -0.507 e. The van der Waals surface area contributed by atoms with Gasteiger partial charge in [0.15, 0.2) is 0 Å². The summed E-state index contributed by atoms with van der Waals surface area (Å²) in [5.74, 6) is -0.269. The molecule has 6 heteroatoms. The highest BCUT2D eigenvalue weighted by Gasteiger charge is 2.45. The van der Waals surface area contributed by atoms with E-state index in [9.17, 15) is 14.7 Å². The second-order valence-corrected chi connectivity index (χ2v) is 7.25. The molecule has 1 aliphatic heterocycles. The van der Waals surface area contributed by atoms with Gasteiger partial charge in [-0.15, -0.1) is 0 Å². The zero-order chi connectivity index (χ0) is 22.4. The van der Waals surface area contributed by atoms with Crippen molar-refractivity contribution in [3.63, 3.8) is 0 Å². The van der Waals surface area contributed by atoms with E-state index in [1.807, 2.05) is 13.0 Å². The number of rotatable bonds is 9. The van der Waals surface area contributed by atoms with Crippen molar-refractivity contribution in [3.05, 3.63) is 77.9 Å². The minimum absolute atomic E-state index is 0.0779. The Morgan fingerprint density at radius 3 is 2.55 bits per heavy atom. The quantitative estimate of drug-likeness (QED) is 0.280. The molecule has 0 aliphatic carbocycles. The van der Waals surface area contributed by atoms with E-state index in [0.717, 1.165) is 12.8 Å². The van der Waals surface area contributed by atoms with E-state index in [-0.39, 0.29) is 11.3 Å². The maximum atomic E-state index is 13.0. The van der Waals surface area contributed by atoms with Crippen LogP contribution >= 0.6 is 0 Å². The summed E-state index contributed by atoms with van der Waals surface area (Å²) in [4.78, 5) is 27.3. The first-order valence-electron chi connectivity index (χ1n) is 10.3. The summed E-state index contributed by atoms with van der Waals surface area (Å²) in [7, 11) is 1.56. The van der Waals surface area contributed by atoms with Crippen molar-refractivity contribution in [2.24, 2.45) is 0 Å². The lowest BCUT2D eigenvalue weighted by Crippen LogP contribution is -2.30. The average molecular weight is 421 g/mol. The van der Waals surface area contributed by atoms with Gasteiger partial charge in [-0.05, 0) is 48.4 Å². The first-order valence-corrected chi connectivity index (χ1v) is 10.3. The molecule has 2 aromatic carbocycles. The number of hydrogen-bond donors (Lipinski definition) is 1. The Morgan fingerprint density at radius 1 is 1.16 bits per heavy atom. The van der Waals surface area contributed by atoms with E-state index in [0.29, 0.717) is 35.8 Å². The molecule has 0 saturated carbocycles. The highest BCUT2D eigenvalue weighted by atomic mass is 16.5. The van der Waals surface area contributed by atoms with Gasteiger partial charge in [-0.2, -0.15) is 0 Å². The van der Waals surface area contributed by atoms with Crippen LogP contribution in [0.2, 0.25) is 0 Å². The lowest BCUT2D eigenvalue weighted by atomic mass is 9.95. The van der Waals surface area contributed by atoms with Gasteiger partial charge in [0.1, 0.15) is 23.9 Å². The number of ketones is 1. The first kappa shape index (κ1) is 22.2. The molecular formula is C25H27NO5. The van der Waals surface area contributed by atoms with Crippen LogP contribution in [0.1, 0.15) is 36.9 Å². The third-order valence-corrected chi connectivity index (χ3v) is 5.20. The largest absolute Gasteiger partial charge is 0.507 e. The predicted octanol–water partition coefficient (Wildman–Crippen LogP) is 4.48. The van der Waals surface area contributed by atoms with E-state index in [1.165, 1.54) is 4.90 Å². The van der Waals surface area contributed by atoms with Crippen molar-refractivity contribution in [3.8, 4) is 11.5 Å². The summed E-state index contributed by atoms with van der Waals surface area (Å²) >= 11 is 0. The molecule has 1 unspecified atom stereocenters. The SMILES string of the molecule is C=CCOc1ccc(C(O)=C2C(=O)C(=O)N(CCCC)C2c2cccc(OC)c2)cc1. The second kappa shape index (κ2) is 9.98. The number of unbranched alkanes of at least 4 members (excludes halogenated alkanes) is 1. The molecule has 0 spiro atoms. The Morgan fingerprint density at radius 2 is 1.90 bits per heavy atom. The standard InChI is InChI=1S/C25H27NO5/c1-4-6-14-26-22(18-8-7-9-20(16-18)30-3)21(24(28)25(26)29)23(27)17-10-12-19(13-11-17)31-15-5-2/h5,7-13,16,22,27H,2,4,6,14-15H2,1,3H3. The number of likely N-dealkylation sites (tertiary alicyclic amines) is 1. The van der Waals surface area contributed by atoms with Gasteiger partial charge in [0, 0.05) is 12.1 Å². The fourth-order valence-electron chi connectivity index (χ4n) is 3.62. The van der Waals surface area contributed by atoms with Crippen LogP contribution in [0, 0.1) is 0 Å². The maximum Gasteiger partial charge on any atom is 0.295 e. The lowest BCUT2D eigenvalue weighted by molar-refractivity contribution is -0.139. The molecule has 1 heterocycles. The summed E-state index contributed by atoms with van der Waals surface area (Å²) in [6, 6.07) is 13.3. The molecular weight excluding hydrogens is 394 g/mol. The molecule has 2 aromatic rings. The van der Waals surface area contributed by atoms with E-state index < -0.39 is 17.7 Å². The molecule has 1 aliphatic rings. The van der Waals surface area contributed by atoms with Crippen molar-refractivity contribution in [1.82, 2.24) is 4.90 Å². The van der Waals surface area contributed by atoms with Gasteiger partial charge < -0.3 is 19.5 Å². The molecule has 0 aromatic heterocycles. The third kappa shape index (κ3) is 4.63. The van der Waals surface area contributed by atoms with E-state index in [2.05, 4.69) is 6.58 Å². The molecule has 1 N–H and O–H groups in total. The van der Waals surface area contributed by atoms with Crippen LogP contribution in [0.5, 0.6) is 11.5 Å². The molecule has 3 rings (SSSR count). The number of carbonyl (C=O) groups excluding carboxylic acids is 2. The van der Waals surface area contributed by atoms with Gasteiger partial charge in [0.05, 0.1) is 18.7 Å². The van der Waals surface area contributed by atoms with Crippen molar-refractivity contribution in [2.75, 3.05) is 20.3 Å². The Kier molecular flexibility index (Phi) is 7.13. The Labute approximate surface area is 182 Å². The van der Waals surface area contributed by atoms with E-state index in [1.54, 1.807) is 55.7 Å². The number of nitrogens with zero attached hydrogens (tertiary/aromatic N) is 1.